The summed E-state index contributed by atoms with van der Waals surface area (Å²) in [4.78, 5) is 19.5. The fourth-order valence-corrected chi connectivity index (χ4v) is 4.27. The van der Waals surface area contributed by atoms with E-state index in [9.17, 15) is 14.3 Å². The van der Waals surface area contributed by atoms with Gasteiger partial charge in [-0.15, -0.1) is 0 Å². The molecule has 34 heavy (non-hydrogen) atoms. The molecule has 0 radical (unpaired) electrons. The first-order valence-corrected chi connectivity index (χ1v) is 11.4. The minimum atomic E-state index is -0.715. The molecule has 2 heterocycles. The first-order valence-electron chi connectivity index (χ1n) is 11.0. The summed E-state index contributed by atoms with van der Waals surface area (Å²) in [6.45, 7) is 1.92. The van der Waals surface area contributed by atoms with Gasteiger partial charge >= 0.3 is 0 Å². The summed E-state index contributed by atoms with van der Waals surface area (Å²) in [7, 11) is 1.47. The number of methoxy groups -OCH3 is 1. The van der Waals surface area contributed by atoms with E-state index in [-0.39, 0.29) is 30.7 Å². The van der Waals surface area contributed by atoms with Crippen LogP contribution in [0.1, 0.15) is 35.3 Å². The van der Waals surface area contributed by atoms with Crippen LogP contribution in [0.5, 0.6) is 5.75 Å². The Kier molecular flexibility index (Phi) is 7.55. The zero-order chi connectivity index (χ0) is 24.2. The predicted molar refractivity (Wildman–Crippen MR) is 126 cm³/mol. The van der Waals surface area contributed by atoms with Crippen molar-refractivity contribution in [1.82, 2.24) is 9.88 Å². The number of aliphatic hydroxyl groups is 1. The Balaban J connectivity index is 1.64. The summed E-state index contributed by atoms with van der Waals surface area (Å²) in [6.07, 6.45) is 0.306. The minimum Gasteiger partial charge on any atom is -0.493 e. The number of nitrogens with zero attached hydrogens (tertiary/aromatic N) is 2. The number of ether oxygens (including phenoxy) is 2. The second kappa shape index (κ2) is 10.6. The van der Waals surface area contributed by atoms with Crippen molar-refractivity contribution in [2.45, 2.75) is 31.5 Å². The van der Waals surface area contributed by atoms with Gasteiger partial charge in [-0.3, -0.25) is 4.79 Å². The molecule has 182 valence electrons. The van der Waals surface area contributed by atoms with E-state index in [0.717, 1.165) is 0 Å². The summed E-state index contributed by atoms with van der Waals surface area (Å²) in [5, 5.41) is 12.8. The van der Waals surface area contributed by atoms with Gasteiger partial charge in [-0.25, -0.2) is 4.39 Å². The molecule has 2 aromatic carbocycles. The number of oxazole rings is 1. The second-order valence-electron chi connectivity index (χ2n) is 8.22. The topological polar surface area (TPSA) is 97.1 Å². The highest BCUT2D eigenvalue weighted by atomic mass is 35.5. The van der Waals surface area contributed by atoms with Gasteiger partial charge in [0.15, 0.2) is 11.3 Å². The lowest BCUT2D eigenvalue weighted by atomic mass is 10.1. The molecule has 3 aromatic rings. The molecule has 1 amide bonds. The number of hydrogen-bond acceptors (Lipinski definition) is 7. The van der Waals surface area contributed by atoms with Crippen molar-refractivity contribution in [1.29, 1.82) is 0 Å². The number of morpholine rings is 1. The van der Waals surface area contributed by atoms with E-state index in [2.05, 4.69) is 10.3 Å². The minimum absolute atomic E-state index is 0.0464. The molecule has 10 heteroatoms. The van der Waals surface area contributed by atoms with Crippen LogP contribution in [0.4, 0.5) is 10.4 Å². The average molecular weight is 492 g/mol. The summed E-state index contributed by atoms with van der Waals surface area (Å²) < 4.78 is 30.7. The van der Waals surface area contributed by atoms with E-state index >= 15 is 0 Å². The molecule has 2 N–H and O–H groups in total. The van der Waals surface area contributed by atoms with Crippen LogP contribution in [0.25, 0.3) is 11.1 Å². The summed E-state index contributed by atoms with van der Waals surface area (Å²) in [5.74, 6) is 0.118. The van der Waals surface area contributed by atoms with Gasteiger partial charge in [-0.05, 0) is 43.2 Å². The van der Waals surface area contributed by atoms with Gasteiger partial charge in [-0.1, -0.05) is 23.7 Å². The quantitative estimate of drug-likeness (QED) is 0.486. The van der Waals surface area contributed by atoms with E-state index in [0.29, 0.717) is 52.6 Å². The van der Waals surface area contributed by atoms with Crippen LogP contribution in [0.3, 0.4) is 0 Å². The lowest BCUT2D eigenvalue weighted by molar-refractivity contribution is -0.0486. The van der Waals surface area contributed by atoms with Gasteiger partial charge in [0, 0.05) is 23.7 Å². The molecule has 1 aromatic heterocycles. The standard InChI is InChI=1S/C24H27ClFN3O5/c1-14-12-29(18(6-7-30)13-33-14)23(31)16-9-19-22(21(10-16)32-2)34-24(27-19)28-20(11-26)15-4-3-5-17(25)8-15/h3-5,8-10,14,18,20,30H,6-7,11-13H2,1-2H3,(H,27,28)/t14?,18-,20?/m0/s1. The van der Waals surface area contributed by atoms with Gasteiger partial charge in [0.25, 0.3) is 11.9 Å². The summed E-state index contributed by atoms with van der Waals surface area (Å²) in [6, 6.07) is 9.25. The molecule has 1 saturated heterocycles. The number of nitrogens with one attached hydrogen (secondary N) is 1. The first-order chi connectivity index (χ1) is 16.4. The third-order valence-electron chi connectivity index (χ3n) is 5.82. The third-order valence-corrected chi connectivity index (χ3v) is 6.05. The third kappa shape index (κ3) is 5.11. The SMILES string of the molecule is COc1cc(C(=O)N2CC(C)OC[C@@H]2CCO)cc2nc(NC(CF)c3cccc(Cl)c3)oc12. The number of amides is 1. The van der Waals surface area contributed by atoms with Gasteiger partial charge in [0.05, 0.1) is 31.9 Å². The molecule has 3 atom stereocenters. The van der Waals surface area contributed by atoms with Crippen LogP contribution in [0.15, 0.2) is 40.8 Å². The zero-order valence-electron chi connectivity index (χ0n) is 19.0. The van der Waals surface area contributed by atoms with Crippen molar-refractivity contribution in [2.24, 2.45) is 0 Å². The highest BCUT2D eigenvalue weighted by Crippen LogP contribution is 2.33. The Hall–Kier alpha value is -2.88. The number of anilines is 1. The second-order valence-corrected chi connectivity index (χ2v) is 8.66. The van der Waals surface area contributed by atoms with Crippen molar-refractivity contribution in [2.75, 3.05) is 38.9 Å². The predicted octanol–water partition coefficient (Wildman–Crippen LogP) is 4.22. The number of benzene rings is 2. The zero-order valence-corrected chi connectivity index (χ0v) is 19.7. The van der Waals surface area contributed by atoms with Crippen LogP contribution >= 0.6 is 11.6 Å². The molecule has 4 rings (SSSR count). The van der Waals surface area contributed by atoms with E-state index in [4.69, 9.17) is 25.5 Å². The van der Waals surface area contributed by atoms with Crippen LogP contribution in [0.2, 0.25) is 5.02 Å². The molecule has 0 saturated carbocycles. The number of aromatic nitrogens is 1. The largest absolute Gasteiger partial charge is 0.493 e. The number of carbonyl (C=O) groups is 1. The van der Waals surface area contributed by atoms with Crippen molar-refractivity contribution >= 4 is 34.6 Å². The molecule has 1 aliphatic rings. The molecular formula is C24H27ClFN3O5. The van der Waals surface area contributed by atoms with Gasteiger partial charge < -0.3 is 29.2 Å². The van der Waals surface area contributed by atoms with Crippen LogP contribution in [-0.4, -0.2) is 66.6 Å². The molecule has 8 nitrogen and oxygen atoms in total. The van der Waals surface area contributed by atoms with Gasteiger partial charge in [0.1, 0.15) is 12.2 Å². The summed E-state index contributed by atoms with van der Waals surface area (Å²) in [5.41, 5.74) is 1.76. The highest BCUT2D eigenvalue weighted by molar-refractivity contribution is 6.30. The molecular weight excluding hydrogens is 465 g/mol. The Bertz CT molecular complexity index is 1160. The van der Waals surface area contributed by atoms with Crippen LogP contribution in [-0.2, 0) is 4.74 Å². The number of alkyl halides is 1. The maximum absolute atomic E-state index is 13.8. The summed E-state index contributed by atoms with van der Waals surface area (Å²) >= 11 is 6.04. The van der Waals surface area contributed by atoms with Crippen LogP contribution < -0.4 is 10.1 Å². The van der Waals surface area contributed by atoms with E-state index in [1.54, 1.807) is 41.3 Å². The number of rotatable bonds is 8. The Morgan fingerprint density at radius 1 is 1.41 bits per heavy atom. The molecule has 1 aliphatic heterocycles. The monoisotopic (exact) mass is 491 g/mol. The number of carbonyl (C=O) groups excluding carboxylic acids is 1. The number of fused-ring (bicyclic) bond motifs is 1. The number of aliphatic hydroxyl groups excluding tert-OH is 1. The van der Waals surface area contributed by atoms with E-state index in [1.807, 2.05) is 6.92 Å². The lowest BCUT2D eigenvalue weighted by Crippen LogP contribution is -2.51. The molecule has 0 aliphatic carbocycles. The van der Waals surface area contributed by atoms with E-state index in [1.165, 1.54) is 7.11 Å². The van der Waals surface area contributed by atoms with Crippen molar-refractivity contribution in [3.63, 3.8) is 0 Å². The van der Waals surface area contributed by atoms with E-state index < -0.39 is 12.7 Å². The normalized spacial score (nSPS) is 19.3. The average Bonchev–Trinajstić information content (AvgIpc) is 3.25. The number of hydrogen-bond donors (Lipinski definition) is 2. The van der Waals surface area contributed by atoms with Crippen LogP contribution in [0, 0.1) is 0 Å². The van der Waals surface area contributed by atoms with Crippen molar-refractivity contribution in [3.05, 3.63) is 52.5 Å². The van der Waals surface area contributed by atoms with Crippen molar-refractivity contribution < 1.29 is 28.2 Å². The van der Waals surface area contributed by atoms with Gasteiger partial charge in [-0.2, -0.15) is 4.98 Å². The molecule has 0 bridgehead atoms. The molecule has 0 spiro atoms. The Morgan fingerprint density at radius 2 is 2.24 bits per heavy atom. The maximum Gasteiger partial charge on any atom is 0.296 e. The Morgan fingerprint density at radius 3 is 2.94 bits per heavy atom. The fourth-order valence-electron chi connectivity index (χ4n) is 4.07. The highest BCUT2D eigenvalue weighted by Gasteiger charge is 2.31. The maximum atomic E-state index is 13.8. The molecule has 2 unspecified atom stereocenters. The number of halogens is 2. The molecule has 1 fully saturated rings. The lowest BCUT2D eigenvalue weighted by Gasteiger charge is -2.38. The van der Waals surface area contributed by atoms with Gasteiger partial charge in [0.2, 0.25) is 0 Å². The Labute approximate surface area is 201 Å². The van der Waals surface area contributed by atoms with Crippen molar-refractivity contribution in [3.8, 4) is 5.75 Å². The first kappa shape index (κ1) is 24.3. The smallest absolute Gasteiger partial charge is 0.296 e. The fraction of sp³-hybridized carbons (Fsp3) is 0.417.